The molecule has 0 rings (SSSR count). The van der Waals surface area contributed by atoms with Gasteiger partial charge in [-0.1, -0.05) is 71.1 Å². The van der Waals surface area contributed by atoms with Gasteiger partial charge in [-0.2, -0.15) is 0 Å². The monoisotopic (exact) mass is 1210 g/mol. The molecule has 0 amide bonds. The summed E-state index contributed by atoms with van der Waals surface area (Å²) in [6.45, 7) is 25.6. The fourth-order valence-electron chi connectivity index (χ4n) is 6.87. The van der Waals surface area contributed by atoms with Crippen molar-refractivity contribution in [1.82, 2.24) is 0 Å². The second kappa shape index (κ2) is 81.0. The molecule has 0 fully saturated rings. The summed E-state index contributed by atoms with van der Waals surface area (Å²) in [4.78, 5) is 0. The third-order valence-electron chi connectivity index (χ3n) is 11.3. The minimum absolute atomic E-state index is 0.0188. The average Bonchev–Trinajstić information content (AvgIpc) is 3.49. The predicted octanol–water partition coefficient (Wildman–Crippen LogP) is 4.67. The Bertz CT molecular complexity index is 1020. The Morgan fingerprint density at radius 1 is 0.133 bits per heavy atom. The molecule has 0 aliphatic carbocycles. The van der Waals surface area contributed by atoms with E-state index < -0.39 is 0 Å². The van der Waals surface area contributed by atoms with Gasteiger partial charge in [-0.3, -0.25) is 0 Å². The Balaban J connectivity index is 3.08. The molecule has 83 heavy (non-hydrogen) atoms. The Morgan fingerprint density at radius 3 is 0.373 bits per heavy atom. The molecule has 0 aromatic heterocycles. The number of aliphatic hydroxyl groups is 1. The second-order valence-electron chi connectivity index (χ2n) is 18.3. The average molecular weight is 1210 g/mol. The first-order valence-electron chi connectivity index (χ1n) is 31.3. The molecule has 0 unspecified atom stereocenters. The van der Waals surface area contributed by atoms with Gasteiger partial charge < -0.3 is 114 Å². The lowest BCUT2D eigenvalue weighted by Gasteiger charge is -2.09. The lowest BCUT2D eigenvalue weighted by molar-refractivity contribution is -0.0319. The van der Waals surface area contributed by atoms with Crippen LogP contribution in [0.15, 0.2) is 0 Å². The highest BCUT2D eigenvalue weighted by atomic mass is 16.6. The van der Waals surface area contributed by atoms with Gasteiger partial charge in [0.05, 0.1) is 304 Å². The SMILES string of the molecule is CCCCCCCCCCCCCOCCOCCOCCOCCOCCOCCOCCOCCOCCOCCOCCOCCOCCOCCOCCOCCOCCOCCOCCOCCOCCOCCOCCO. The van der Waals surface area contributed by atoms with Crippen molar-refractivity contribution in [2.45, 2.75) is 77.6 Å². The van der Waals surface area contributed by atoms with Crippen LogP contribution >= 0.6 is 0 Å². The lowest BCUT2D eigenvalue weighted by atomic mass is 10.1. The van der Waals surface area contributed by atoms with E-state index in [2.05, 4.69) is 6.92 Å². The number of rotatable bonds is 80. The van der Waals surface area contributed by atoms with Gasteiger partial charge in [-0.15, -0.1) is 0 Å². The summed E-state index contributed by atoms with van der Waals surface area (Å²) in [6, 6.07) is 0. The van der Waals surface area contributed by atoms with E-state index in [0.717, 1.165) is 13.0 Å². The van der Waals surface area contributed by atoms with Crippen molar-refractivity contribution in [3.63, 3.8) is 0 Å². The Morgan fingerprint density at radius 2 is 0.241 bits per heavy atom. The highest BCUT2D eigenvalue weighted by Gasteiger charge is 2.01. The molecule has 0 spiro atoms. The van der Waals surface area contributed by atoms with E-state index in [1.807, 2.05) is 0 Å². The van der Waals surface area contributed by atoms with Gasteiger partial charge in [0.1, 0.15) is 0 Å². The summed E-state index contributed by atoms with van der Waals surface area (Å²) in [5.74, 6) is 0. The van der Waals surface area contributed by atoms with Crippen LogP contribution in [0, 0.1) is 0 Å². The Hall–Kier alpha value is -0.960. The van der Waals surface area contributed by atoms with E-state index in [4.69, 9.17) is 114 Å². The quantitative estimate of drug-likeness (QED) is 0.0815. The fraction of sp³-hybridized carbons (Fsp3) is 1.00. The summed E-state index contributed by atoms with van der Waals surface area (Å²) in [6.07, 6.45) is 14.8. The maximum Gasteiger partial charge on any atom is 0.0701 e. The van der Waals surface area contributed by atoms with Gasteiger partial charge in [-0.25, -0.2) is 0 Å². The molecule has 0 radical (unpaired) electrons. The normalized spacial score (nSPS) is 11.8. The van der Waals surface area contributed by atoms with Gasteiger partial charge in [0.2, 0.25) is 0 Å². The summed E-state index contributed by atoms with van der Waals surface area (Å²) in [7, 11) is 0. The summed E-state index contributed by atoms with van der Waals surface area (Å²) >= 11 is 0. The number of ether oxygens (including phenoxy) is 23. The van der Waals surface area contributed by atoms with Gasteiger partial charge in [-0.05, 0) is 6.42 Å². The smallest absolute Gasteiger partial charge is 0.0701 e. The highest BCUT2D eigenvalue weighted by molar-refractivity contribution is 4.49. The molecule has 0 aliphatic rings. The summed E-state index contributed by atoms with van der Waals surface area (Å²) < 4.78 is 127. The molecular weight excluding hydrogens is 1090 g/mol. The van der Waals surface area contributed by atoms with Crippen LogP contribution in [0.4, 0.5) is 0 Å². The van der Waals surface area contributed by atoms with Crippen LogP contribution in [0.2, 0.25) is 0 Å². The lowest BCUT2D eigenvalue weighted by Crippen LogP contribution is -2.16. The third-order valence-corrected chi connectivity index (χ3v) is 11.3. The molecule has 0 aliphatic heterocycles. The van der Waals surface area contributed by atoms with Gasteiger partial charge in [0.15, 0.2) is 0 Å². The van der Waals surface area contributed by atoms with Crippen molar-refractivity contribution in [2.75, 3.05) is 311 Å². The minimum atomic E-state index is 0.0188. The van der Waals surface area contributed by atoms with Crippen LogP contribution in [-0.2, 0) is 109 Å². The molecule has 0 aromatic rings. The van der Waals surface area contributed by atoms with Crippen LogP contribution in [0.3, 0.4) is 0 Å². The number of unbranched alkanes of at least 4 members (excludes halogenated alkanes) is 10. The van der Waals surface area contributed by atoms with Gasteiger partial charge in [0.25, 0.3) is 0 Å². The molecule has 0 atom stereocenters. The van der Waals surface area contributed by atoms with E-state index in [-0.39, 0.29) is 6.61 Å². The molecular formula is C59H120O24. The molecule has 0 saturated heterocycles. The van der Waals surface area contributed by atoms with Crippen molar-refractivity contribution < 1.29 is 114 Å². The topological polar surface area (TPSA) is 233 Å². The van der Waals surface area contributed by atoms with Crippen molar-refractivity contribution in [1.29, 1.82) is 0 Å². The molecule has 500 valence electrons. The Kier molecular flexibility index (Phi) is 80.1. The highest BCUT2D eigenvalue weighted by Crippen LogP contribution is 2.11. The molecule has 1 N–H and O–H groups in total. The largest absolute Gasteiger partial charge is 0.394 e. The Labute approximate surface area is 500 Å². The summed E-state index contributed by atoms with van der Waals surface area (Å²) in [5, 5.41) is 8.61. The molecule has 0 saturated carbocycles. The number of hydrogen-bond acceptors (Lipinski definition) is 24. The standard InChI is InChI=1S/C59H120O24/c1-2-3-4-5-6-7-8-9-10-11-12-14-61-16-18-63-20-22-65-24-26-67-28-30-69-32-34-71-36-38-73-40-42-75-44-46-77-48-50-79-52-54-81-56-58-83-59-57-82-55-53-80-51-49-78-47-45-76-43-41-74-39-37-72-35-33-70-31-29-68-27-25-66-23-21-64-19-17-62-15-13-60/h60H,2-59H2,1H3. The first-order valence-corrected chi connectivity index (χ1v) is 31.3. The van der Waals surface area contributed by atoms with E-state index in [1.165, 1.54) is 64.2 Å². The fourth-order valence-corrected chi connectivity index (χ4v) is 6.87. The van der Waals surface area contributed by atoms with Crippen molar-refractivity contribution in [3.8, 4) is 0 Å². The maximum absolute atomic E-state index is 8.61. The molecule has 24 heteroatoms. The van der Waals surface area contributed by atoms with Crippen LogP contribution in [0.1, 0.15) is 77.6 Å². The van der Waals surface area contributed by atoms with Crippen molar-refractivity contribution in [3.05, 3.63) is 0 Å². The molecule has 24 nitrogen and oxygen atoms in total. The maximum atomic E-state index is 8.61. The van der Waals surface area contributed by atoms with Crippen molar-refractivity contribution >= 4 is 0 Å². The molecule has 0 aromatic carbocycles. The minimum Gasteiger partial charge on any atom is -0.394 e. The van der Waals surface area contributed by atoms with E-state index >= 15 is 0 Å². The van der Waals surface area contributed by atoms with E-state index in [1.54, 1.807) is 0 Å². The van der Waals surface area contributed by atoms with E-state index in [0.29, 0.717) is 297 Å². The number of aliphatic hydroxyl groups excluding tert-OH is 1. The van der Waals surface area contributed by atoms with Crippen LogP contribution in [-0.4, -0.2) is 316 Å². The zero-order chi connectivity index (χ0) is 59.3. The van der Waals surface area contributed by atoms with Crippen molar-refractivity contribution in [2.24, 2.45) is 0 Å². The summed E-state index contributed by atoms with van der Waals surface area (Å²) in [5.41, 5.74) is 0. The molecule has 0 bridgehead atoms. The third kappa shape index (κ3) is 81.0. The van der Waals surface area contributed by atoms with Crippen LogP contribution in [0.25, 0.3) is 0 Å². The van der Waals surface area contributed by atoms with Crippen LogP contribution in [0.5, 0.6) is 0 Å². The van der Waals surface area contributed by atoms with Gasteiger partial charge >= 0.3 is 0 Å². The first-order chi connectivity index (χ1) is 41.4. The predicted molar refractivity (Wildman–Crippen MR) is 312 cm³/mol. The van der Waals surface area contributed by atoms with Crippen LogP contribution < -0.4 is 0 Å². The number of hydrogen-bond donors (Lipinski definition) is 1. The zero-order valence-electron chi connectivity index (χ0n) is 51.8. The molecule has 0 heterocycles. The van der Waals surface area contributed by atoms with E-state index in [9.17, 15) is 0 Å². The first kappa shape index (κ1) is 82.0. The van der Waals surface area contributed by atoms with Gasteiger partial charge in [0, 0.05) is 6.61 Å². The zero-order valence-corrected chi connectivity index (χ0v) is 51.8. The second-order valence-corrected chi connectivity index (χ2v) is 18.3.